The van der Waals surface area contributed by atoms with Gasteiger partial charge in [0.2, 0.25) is 0 Å². The van der Waals surface area contributed by atoms with Crippen LogP contribution in [0.5, 0.6) is 5.75 Å². The van der Waals surface area contributed by atoms with Crippen LogP contribution in [0.25, 0.3) is 0 Å². The molecule has 6 heteroatoms. The van der Waals surface area contributed by atoms with Crippen molar-refractivity contribution >= 4 is 23.5 Å². The van der Waals surface area contributed by atoms with Crippen LogP contribution in [0, 0.1) is 13.8 Å². The summed E-state index contributed by atoms with van der Waals surface area (Å²) in [7, 11) is 1.18. The minimum atomic E-state index is -0.762. The number of benzene rings is 1. The van der Waals surface area contributed by atoms with Gasteiger partial charge in [0.05, 0.1) is 24.3 Å². The molecule has 0 saturated heterocycles. The van der Waals surface area contributed by atoms with E-state index in [2.05, 4.69) is 4.74 Å². The second-order valence-electron chi connectivity index (χ2n) is 3.87. The fourth-order valence-corrected chi connectivity index (χ4v) is 2.03. The van der Waals surface area contributed by atoms with Gasteiger partial charge < -0.3 is 14.6 Å². The molecule has 19 heavy (non-hydrogen) atoms. The largest absolute Gasteiger partial charge is 0.505 e. The average molecular weight is 287 g/mol. The van der Waals surface area contributed by atoms with Crippen LogP contribution in [0.1, 0.15) is 38.8 Å². The fraction of sp³-hybridized carbons (Fsp3) is 0.385. The number of halogens is 1. The highest BCUT2D eigenvalue weighted by atomic mass is 35.5. The second-order valence-corrected chi connectivity index (χ2v) is 4.25. The van der Waals surface area contributed by atoms with Crippen molar-refractivity contribution in [2.45, 2.75) is 20.8 Å². The van der Waals surface area contributed by atoms with Gasteiger partial charge in [-0.1, -0.05) is 11.6 Å². The van der Waals surface area contributed by atoms with E-state index in [0.717, 1.165) is 0 Å². The number of methoxy groups -OCH3 is 1. The summed E-state index contributed by atoms with van der Waals surface area (Å²) >= 11 is 5.94. The van der Waals surface area contributed by atoms with Gasteiger partial charge in [0.15, 0.2) is 0 Å². The molecule has 1 rings (SSSR count). The fourth-order valence-electron chi connectivity index (χ4n) is 1.84. The van der Waals surface area contributed by atoms with Crippen molar-refractivity contribution in [3.63, 3.8) is 0 Å². The Balaban J connectivity index is 3.61. The van der Waals surface area contributed by atoms with Crippen molar-refractivity contribution in [3.8, 4) is 5.75 Å². The molecule has 0 spiro atoms. The predicted molar refractivity (Wildman–Crippen MR) is 69.9 cm³/mol. The minimum absolute atomic E-state index is 0.0611. The molecule has 0 heterocycles. The topological polar surface area (TPSA) is 72.8 Å². The zero-order valence-corrected chi connectivity index (χ0v) is 11.9. The molecule has 0 bridgehead atoms. The molecular formula is C13H15ClO5. The standard InChI is InChI=1S/C13H15ClO5/c1-5-19-13(17)8-6(2)9(12(16)18-4)11(15)10(14)7(8)3/h15H,5H2,1-4H3. The molecule has 0 fully saturated rings. The van der Waals surface area contributed by atoms with Gasteiger partial charge in [0, 0.05) is 0 Å². The summed E-state index contributed by atoms with van der Waals surface area (Å²) in [5.74, 6) is -1.75. The molecule has 5 nitrogen and oxygen atoms in total. The Morgan fingerprint density at radius 3 is 2.21 bits per heavy atom. The van der Waals surface area contributed by atoms with Crippen molar-refractivity contribution < 1.29 is 24.2 Å². The zero-order valence-electron chi connectivity index (χ0n) is 11.2. The van der Waals surface area contributed by atoms with Crippen molar-refractivity contribution in [1.29, 1.82) is 0 Å². The zero-order chi connectivity index (χ0) is 14.7. The maximum Gasteiger partial charge on any atom is 0.341 e. The van der Waals surface area contributed by atoms with Crippen LogP contribution in [-0.2, 0) is 9.47 Å². The average Bonchev–Trinajstić information content (AvgIpc) is 2.36. The van der Waals surface area contributed by atoms with Gasteiger partial charge in [-0.05, 0) is 31.9 Å². The Morgan fingerprint density at radius 2 is 1.74 bits per heavy atom. The number of carbonyl (C=O) groups excluding carboxylic acids is 2. The number of hydrogen-bond donors (Lipinski definition) is 1. The Labute approximate surface area is 116 Å². The second kappa shape index (κ2) is 5.93. The molecule has 0 aliphatic heterocycles. The third kappa shape index (κ3) is 2.66. The number of rotatable bonds is 3. The molecule has 1 aromatic rings. The monoisotopic (exact) mass is 286 g/mol. The van der Waals surface area contributed by atoms with E-state index in [-0.39, 0.29) is 28.3 Å². The molecule has 1 N–H and O–H groups in total. The third-order valence-electron chi connectivity index (χ3n) is 2.77. The van der Waals surface area contributed by atoms with Gasteiger partial charge in [-0.2, -0.15) is 0 Å². The molecule has 0 radical (unpaired) electrons. The number of ether oxygens (including phenoxy) is 2. The van der Waals surface area contributed by atoms with E-state index in [1.54, 1.807) is 13.8 Å². The van der Waals surface area contributed by atoms with Gasteiger partial charge in [-0.15, -0.1) is 0 Å². The summed E-state index contributed by atoms with van der Waals surface area (Å²) in [5, 5.41) is 9.85. The Hall–Kier alpha value is -1.75. The van der Waals surface area contributed by atoms with Gasteiger partial charge >= 0.3 is 11.9 Å². The molecule has 0 aliphatic carbocycles. The van der Waals surface area contributed by atoms with Crippen LogP contribution in [0.4, 0.5) is 0 Å². The van der Waals surface area contributed by atoms with Crippen LogP contribution in [0.15, 0.2) is 0 Å². The summed E-state index contributed by atoms with van der Waals surface area (Å²) in [6, 6.07) is 0. The first-order valence-corrected chi connectivity index (χ1v) is 6.01. The van der Waals surface area contributed by atoms with E-state index in [9.17, 15) is 14.7 Å². The van der Waals surface area contributed by atoms with E-state index in [1.165, 1.54) is 14.0 Å². The smallest absolute Gasteiger partial charge is 0.341 e. The van der Waals surface area contributed by atoms with Crippen molar-refractivity contribution in [2.24, 2.45) is 0 Å². The Morgan fingerprint density at radius 1 is 1.16 bits per heavy atom. The van der Waals surface area contributed by atoms with Crippen molar-refractivity contribution in [1.82, 2.24) is 0 Å². The van der Waals surface area contributed by atoms with Gasteiger partial charge in [-0.25, -0.2) is 9.59 Å². The van der Waals surface area contributed by atoms with Crippen molar-refractivity contribution in [3.05, 3.63) is 27.3 Å². The highest BCUT2D eigenvalue weighted by Crippen LogP contribution is 2.37. The summed E-state index contributed by atoms with van der Waals surface area (Å²) < 4.78 is 9.50. The van der Waals surface area contributed by atoms with E-state index < -0.39 is 17.7 Å². The summed E-state index contributed by atoms with van der Waals surface area (Å²) in [4.78, 5) is 23.6. The molecule has 0 aliphatic rings. The highest BCUT2D eigenvalue weighted by Gasteiger charge is 2.27. The number of hydrogen-bond acceptors (Lipinski definition) is 5. The summed E-state index contributed by atoms with van der Waals surface area (Å²) in [5.41, 5.74) is 0.693. The van der Waals surface area contributed by atoms with E-state index in [4.69, 9.17) is 16.3 Å². The lowest BCUT2D eigenvalue weighted by Crippen LogP contribution is -2.14. The normalized spacial score (nSPS) is 10.2. The SMILES string of the molecule is CCOC(=O)c1c(C)c(Cl)c(O)c(C(=O)OC)c1C. The number of phenolic OH excluding ortho intramolecular Hbond substituents is 1. The minimum Gasteiger partial charge on any atom is -0.505 e. The van der Waals surface area contributed by atoms with Crippen LogP contribution in [0.3, 0.4) is 0 Å². The molecule has 1 aromatic carbocycles. The predicted octanol–water partition coefficient (Wildman–Crippen LogP) is 2.63. The molecule has 0 amide bonds. The molecule has 0 saturated carbocycles. The lowest BCUT2D eigenvalue weighted by Gasteiger charge is -2.15. The highest BCUT2D eigenvalue weighted by molar-refractivity contribution is 6.34. The van der Waals surface area contributed by atoms with Gasteiger partial charge in [0.25, 0.3) is 0 Å². The first kappa shape index (κ1) is 15.3. The van der Waals surface area contributed by atoms with Crippen LogP contribution >= 0.6 is 11.6 Å². The molecule has 0 aromatic heterocycles. The van der Waals surface area contributed by atoms with Crippen LogP contribution < -0.4 is 0 Å². The lowest BCUT2D eigenvalue weighted by molar-refractivity contribution is 0.0524. The van der Waals surface area contributed by atoms with E-state index >= 15 is 0 Å². The number of esters is 2. The molecule has 104 valence electrons. The quantitative estimate of drug-likeness (QED) is 0.865. The lowest BCUT2D eigenvalue weighted by atomic mass is 9.96. The van der Waals surface area contributed by atoms with E-state index in [1.807, 2.05) is 0 Å². The molecule has 0 unspecified atom stereocenters. The summed E-state index contributed by atoms with van der Waals surface area (Å²) in [6.45, 7) is 4.97. The van der Waals surface area contributed by atoms with Gasteiger partial charge in [-0.3, -0.25) is 0 Å². The van der Waals surface area contributed by atoms with Crippen LogP contribution in [-0.4, -0.2) is 30.8 Å². The van der Waals surface area contributed by atoms with Crippen LogP contribution in [0.2, 0.25) is 5.02 Å². The third-order valence-corrected chi connectivity index (χ3v) is 3.23. The maximum atomic E-state index is 11.9. The van der Waals surface area contributed by atoms with Crippen molar-refractivity contribution in [2.75, 3.05) is 13.7 Å². The Kier molecular flexibility index (Phi) is 4.78. The summed E-state index contributed by atoms with van der Waals surface area (Å²) in [6.07, 6.45) is 0. The number of carbonyl (C=O) groups is 2. The molecular weight excluding hydrogens is 272 g/mol. The first-order chi connectivity index (χ1) is 8.86. The number of aromatic hydroxyl groups is 1. The molecule has 0 atom stereocenters. The Bertz CT molecular complexity index is 537. The maximum absolute atomic E-state index is 11.9. The number of phenols is 1. The van der Waals surface area contributed by atoms with Gasteiger partial charge in [0.1, 0.15) is 11.3 Å². The first-order valence-electron chi connectivity index (χ1n) is 5.63. The van der Waals surface area contributed by atoms with E-state index in [0.29, 0.717) is 5.56 Å².